The quantitative estimate of drug-likeness (QED) is 0.716. The van der Waals surface area contributed by atoms with Crippen LogP contribution in [0.2, 0.25) is 0 Å². The largest absolute Gasteiger partial charge is 0.354 e. The van der Waals surface area contributed by atoms with Crippen LogP contribution in [0.25, 0.3) is 0 Å². The number of nitrogens with zero attached hydrogens (tertiary/aromatic N) is 2. The molecule has 1 N–H and O–H groups in total. The number of anilines is 1. The molecule has 7 heteroatoms. The van der Waals surface area contributed by atoms with E-state index in [1.54, 1.807) is 16.7 Å². The first-order valence-corrected chi connectivity index (χ1v) is 12.2. The lowest BCUT2D eigenvalue weighted by Crippen LogP contribution is -2.45. The Morgan fingerprint density at radius 3 is 2.86 bits per heavy atom. The Morgan fingerprint density at radius 1 is 1.31 bits per heavy atom. The number of nitrogens with one attached hydrogen (secondary N) is 1. The third-order valence-electron chi connectivity index (χ3n) is 5.91. The van der Waals surface area contributed by atoms with Crippen molar-refractivity contribution in [2.24, 2.45) is 5.92 Å². The van der Waals surface area contributed by atoms with Crippen LogP contribution in [0, 0.1) is 5.92 Å². The van der Waals surface area contributed by atoms with Crippen LogP contribution in [0.5, 0.6) is 0 Å². The minimum atomic E-state index is -0.278. The Bertz CT molecular complexity index is 880. The van der Waals surface area contributed by atoms with Gasteiger partial charge in [-0.15, -0.1) is 23.1 Å². The van der Waals surface area contributed by atoms with Gasteiger partial charge in [-0.3, -0.25) is 14.5 Å². The van der Waals surface area contributed by atoms with Crippen molar-refractivity contribution in [2.75, 3.05) is 30.8 Å². The minimum Gasteiger partial charge on any atom is -0.354 e. The second kappa shape index (κ2) is 8.90. The van der Waals surface area contributed by atoms with E-state index in [9.17, 15) is 9.59 Å². The van der Waals surface area contributed by atoms with E-state index in [1.165, 1.54) is 10.4 Å². The number of fused-ring (bicyclic) bond motifs is 1. The molecule has 2 aliphatic rings. The summed E-state index contributed by atoms with van der Waals surface area (Å²) < 4.78 is 0. The second-order valence-electron chi connectivity index (χ2n) is 7.79. The molecule has 5 nitrogen and oxygen atoms in total. The van der Waals surface area contributed by atoms with Crippen molar-refractivity contribution in [3.05, 3.63) is 46.2 Å². The molecule has 0 saturated carbocycles. The number of hydrogen-bond acceptors (Lipinski definition) is 5. The maximum Gasteiger partial charge on any atom is 0.227 e. The fourth-order valence-corrected chi connectivity index (χ4v) is 5.36. The van der Waals surface area contributed by atoms with Crippen LogP contribution in [0.15, 0.2) is 40.6 Å². The van der Waals surface area contributed by atoms with Crippen molar-refractivity contribution in [3.63, 3.8) is 0 Å². The Morgan fingerprint density at radius 2 is 2.10 bits per heavy atom. The molecule has 154 valence electrons. The van der Waals surface area contributed by atoms with E-state index in [1.807, 2.05) is 41.9 Å². The van der Waals surface area contributed by atoms with Gasteiger partial charge in [-0.05, 0) is 60.9 Å². The van der Waals surface area contributed by atoms with Gasteiger partial charge in [0.25, 0.3) is 0 Å². The van der Waals surface area contributed by atoms with Gasteiger partial charge in [0.15, 0.2) is 0 Å². The zero-order chi connectivity index (χ0) is 20.4. The molecule has 1 aromatic heterocycles. The van der Waals surface area contributed by atoms with Gasteiger partial charge in [-0.2, -0.15) is 0 Å². The minimum absolute atomic E-state index is 0.0123. The molecule has 0 bridgehead atoms. The summed E-state index contributed by atoms with van der Waals surface area (Å²) in [6.07, 6.45) is 3.40. The van der Waals surface area contributed by atoms with Crippen LogP contribution in [-0.2, 0) is 22.6 Å². The van der Waals surface area contributed by atoms with E-state index in [4.69, 9.17) is 0 Å². The van der Waals surface area contributed by atoms with E-state index < -0.39 is 0 Å². The van der Waals surface area contributed by atoms with Gasteiger partial charge in [0.1, 0.15) is 0 Å². The lowest BCUT2D eigenvalue weighted by Gasteiger charge is -2.32. The highest BCUT2D eigenvalue weighted by atomic mass is 32.2. The summed E-state index contributed by atoms with van der Waals surface area (Å²) in [7, 11) is 0. The molecule has 4 rings (SSSR count). The van der Waals surface area contributed by atoms with E-state index in [-0.39, 0.29) is 30.2 Å². The van der Waals surface area contributed by atoms with Gasteiger partial charge in [0, 0.05) is 54.1 Å². The average molecular weight is 430 g/mol. The molecule has 2 aromatic rings. The Labute approximate surface area is 180 Å². The fourth-order valence-electron chi connectivity index (χ4n) is 4.06. The van der Waals surface area contributed by atoms with Crippen molar-refractivity contribution in [2.45, 2.75) is 37.2 Å². The van der Waals surface area contributed by atoms with Gasteiger partial charge in [0.2, 0.25) is 11.8 Å². The molecule has 2 amide bonds. The summed E-state index contributed by atoms with van der Waals surface area (Å²) in [6, 6.07) is 10.4. The Hall–Kier alpha value is -1.83. The molecule has 0 aliphatic carbocycles. The number of hydrogen-bond donors (Lipinski definition) is 1. The predicted molar refractivity (Wildman–Crippen MR) is 120 cm³/mol. The highest BCUT2D eigenvalue weighted by Gasteiger charge is 2.35. The van der Waals surface area contributed by atoms with Gasteiger partial charge >= 0.3 is 0 Å². The first-order valence-electron chi connectivity index (χ1n) is 10.1. The summed E-state index contributed by atoms with van der Waals surface area (Å²) in [5.41, 5.74) is 2.29. The van der Waals surface area contributed by atoms with Crippen LogP contribution in [-0.4, -0.2) is 48.6 Å². The maximum atomic E-state index is 12.7. The van der Waals surface area contributed by atoms with Crippen molar-refractivity contribution < 1.29 is 9.59 Å². The molecule has 1 fully saturated rings. The number of rotatable bonds is 6. The van der Waals surface area contributed by atoms with E-state index in [2.05, 4.69) is 28.6 Å². The summed E-state index contributed by atoms with van der Waals surface area (Å²) in [5, 5.41) is 5.25. The molecule has 1 saturated heterocycles. The summed E-state index contributed by atoms with van der Waals surface area (Å²) >= 11 is 3.51. The van der Waals surface area contributed by atoms with Gasteiger partial charge in [0.05, 0.1) is 5.92 Å². The average Bonchev–Trinajstić information content (AvgIpc) is 3.37. The normalized spacial score (nSPS) is 20.6. The second-order valence-corrected chi connectivity index (χ2v) is 9.67. The zero-order valence-electron chi connectivity index (χ0n) is 16.9. The van der Waals surface area contributed by atoms with E-state index in [0.717, 1.165) is 30.1 Å². The SMILES string of the molecule is CSc1ccc(N2C[C@@H](C(=O)NC[C@@H](C)N3CCc4sccc4C3)CC2=O)cc1. The van der Waals surface area contributed by atoms with Gasteiger partial charge < -0.3 is 10.2 Å². The molecule has 0 spiro atoms. The van der Waals surface area contributed by atoms with Crippen LogP contribution in [0.3, 0.4) is 0 Å². The maximum absolute atomic E-state index is 12.7. The number of benzene rings is 1. The fraction of sp³-hybridized carbons (Fsp3) is 0.455. The molecular weight excluding hydrogens is 402 g/mol. The standard InChI is InChI=1S/C22H27N3O2S2/c1-15(24-9-7-20-16(13-24)8-10-29-20)12-23-22(27)17-11-21(26)25(14-17)18-3-5-19(28-2)6-4-18/h3-6,8,10,15,17H,7,9,11-14H2,1-2H3,(H,23,27)/t15-,17+/m1/s1. The van der Waals surface area contributed by atoms with Crippen LogP contribution < -0.4 is 10.2 Å². The van der Waals surface area contributed by atoms with Crippen LogP contribution >= 0.6 is 23.1 Å². The Kier molecular flexibility index (Phi) is 6.27. The molecule has 2 atom stereocenters. The smallest absolute Gasteiger partial charge is 0.227 e. The van der Waals surface area contributed by atoms with Crippen molar-refractivity contribution >= 4 is 40.6 Å². The molecule has 0 radical (unpaired) electrons. The Balaban J connectivity index is 1.29. The highest BCUT2D eigenvalue weighted by molar-refractivity contribution is 7.98. The number of carbonyl (C=O) groups excluding carboxylic acids is 2. The molecule has 29 heavy (non-hydrogen) atoms. The summed E-state index contributed by atoms with van der Waals surface area (Å²) in [5.74, 6) is -0.266. The van der Waals surface area contributed by atoms with Gasteiger partial charge in [-0.1, -0.05) is 0 Å². The van der Waals surface area contributed by atoms with Crippen molar-refractivity contribution in [1.29, 1.82) is 0 Å². The van der Waals surface area contributed by atoms with Crippen LogP contribution in [0.1, 0.15) is 23.8 Å². The third kappa shape index (κ3) is 4.52. The monoisotopic (exact) mass is 429 g/mol. The number of carbonyl (C=O) groups is 2. The highest BCUT2D eigenvalue weighted by Crippen LogP contribution is 2.28. The molecule has 1 aromatic carbocycles. The lowest BCUT2D eigenvalue weighted by atomic mass is 10.1. The predicted octanol–water partition coefficient (Wildman–Crippen LogP) is 3.39. The van der Waals surface area contributed by atoms with E-state index in [0.29, 0.717) is 13.1 Å². The third-order valence-corrected chi connectivity index (χ3v) is 7.68. The van der Waals surface area contributed by atoms with Crippen molar-refractivity contribution in [1.82, 2.24) is 10.2 Å². The molecule has 3 heterocycles. The summed E-state index contributed by atoms with van der Waals surface area (Å²) in [4.78, 5) is 32.0. The lowest BCUT2D eigenvalue weighted by molar-refractivity contribution is -0.126. The summed E-state index contributed by atoms with van der Waals surface area (Å²) in [6.45, 7) is 5.23. The topological polar surface area (TPSA) is 52.7 Å². The first kappa shape index (κ1) is 20.4. The molecular formula is C22H27N3O2S2. The molecule has 2 aliphatic heterocycles. The van der Waals surface area contributed by atoms with Gasteiger partial charge in [-0.25, -0.2) is 0 Å². The number of amides is 2. The van der Waals surface area contributed by atoms with Crippen LogP contribution in [0.4, 0.5) is 5.69 Å². The van der Waals surface area contributed by atoms with Crippen molar-refractivity contribution in [3.8, 4) is 0 Å². The number of thioether (sulfide) groups is 1. The van der Waals surface area contributed by atoms with E-state index >= 15 is 0 Å². The zero-order valence-corrected chi connectivity index (χ0v) is 18.5. The molecule has 0 unspecified atom stereocenters. The number of thiophene rings is 1. The first-order chi connectivity index (χ1) is 14.0.